The summed E-state index contributed by atoms with van der Waals surface area (Å²) >= 11 is 0. The van der Waals surface area contributed by atoms with Crippen LogP contribution < -0.4 is 0 Å². The van der Waals surface area contributed by atoms with Gasteiger partial charge in [0.2, 0.25) is 0 Å². The highest BCUT2D eigenvalue weighted by molar-refractivity contribution is 5.68. The number of benzene rings is 1. The third kappa shape index (κ3) is 7.73. The first-order chi connectivity index (χ1) is 14.8. The van der Waals surface area contributed by atoms with Crippen LogP contribution in [0.25, 0.3) is 0 Å². The Kier molecular flexibility index (Phi) is 8.18. The van der Waals surface area contributed by atoms with E-state index >= 15 is 0 Å². The molecule has 2 saturated heterocycles. The Morgan fingerprint density at radius 1 is 0.903 bits per heavy atom. The standard InChI is InChI=1S/C24H37N3O4/c1-24(2,3)31-23(29)26-13-7-12-25(16-17-26)18-20-10-14-27(15-11-20)22(28)30-19-21-8-5-4-6-9-21/h4-6,8-9,20H,7,10-19H2,1-3H3. The topological polar surface area (TPSA) is 62.3 Å². The van der Waals surface area contributed by atoms with Gasteiger partial charge in [0.05, 0.1) is 0 Å². The van der Waals surface area contributed by atoms with Crippen molar-refractivity contribution in [3.05, 3.63) is 35.9 Å². The fourth-order valence-electron chi connectivity index (χ4n) is 4.14. The Balaban J connectivity index is 1.36. The van der Waals surface area contributed by atoms with Crippen molar-refractivity contribution in [3.8, 4) is 0 Å². The minimum atomic E-state index is -0.459. The summed E-state index contributed by atoms with van der Waals surface area (Å²) in [5.41, 5.74) is 0.548. The number of likely N-dealkylation sites (tertiary alicyclic amines) is 1. The largest absolute Gasteiger partial charge is 0.445 e. The van der Waals surface area contributed by atoms with Gasteiger partial charge in [-0.2, -0.15) is 0 Å². The predicted octanol–water partition coefficient (Wildman–Crippen LogP) is 3.98. The molecule has 1 aromatic carbocycles. The van der Waals surface area contributed by atoms with Gasteiger partial charge in [0.1, 0.15) is 12.2 Å². The van der Waals surface area contributed by atoms with E-state index in [1.165, 1.54) is 0 Å². The van der Waals surface area contributed by atoms with Crippen LogP contribution in [-0.4, -0.2) is 78.3 Å². The first-order valence-corrected chi connectivity index (χ1v) is 11.5. The maximum absolute atomic E-state index is 12.4. The zero-order valence-corrected chi connectivity index (χ0v) is 19.2. The molecule has 0 unspecified atom stereocenters. The van der Waals surface area contributed by atoms with Crippen molar-refractivity contribution in [2.45, 2.75) is 52.2 Å². The monoisotopic (exact) mass is 431 g/mol. The lowest BCUT2D eigenvalue weighted by Gasteiger charge is -2.34. The first kappa shape index (κ1) is 23.4. The lowest BCUT2D eigenvalue weighted by molar-refractivity contribution is 0.0256. The molecule has 1 aromatic rings. The van der Waals surface area contributed by atoms with Gasteiger partial charge in [0, 0.05) is 39.3 Å². The number of carbonyl (C=O) groups is 2. The molecule has 31 heavy (non-hydrogen) atoms. The molecule has 3 rings (SSSR count). The summed E-state index contributed by atoms with van der Waals surface area (Å²) in [5.74, 6) is 0.575. The van der Waals surface area contributed by atoms with Gasteiger partial charge in [0.15, 0.2) is 0 Å². The van der Waals surface area contributed by atoms with E-state index in [2.05, 4.69) is 4.90 Å². The van der Waals surface area contributed by atoms with Gasteiger partial charge < -0.3 is 24.2 Å². The molecule has 2 amide bonds. The predicted molar refractivity (Wildman–Crippen MR) is 120 cm³/mol. The second-order valence-corrected chi connectivity index (χ2v) is 9.59. The Bertz CT molecular complexity index is 711. The number of rotatable bonds is 4. The molecule has 0 saturated carbocycles. The van der Waals surface area contributed by atoms with Crippen molar-refractivity contribution < 1.29 is 19.1 Å². The molecule has 0 radical (unpaired) electrons. The van der Waals surface area contributed by atoms with Crippen LogP contribution in [0.15, 0.2) is 30.3 Å². The van der Waals surface area contributed by atoms with Crippen LogP contribution in [-0.2, 0) is 16.1 Å². The summed E-state index contributed by atoms with van der Waals surface area (Å²) in [6.07, 6.45) is 2.52. The van der Waals surface area contributed by atoms with Gasteiger partial charge in [0.25, 0.3) is 0 Å². The lowest BCUT2D eigenvalue weighted by Crippen LogP contribution is -2.43. The highest BCUT2D eigenvalue weighted by Gasteiger charge is 2.28. The Hall–Kier alpha value is -2.28. The van der Waals surface area contributed by atoms with E-state index in [1.54, 1.807) is 0 Å². The second kappa shape index (κ2) is 10.8. The summed E-state index contributed by atoms with van der Waals surface area (Å²) in [4.78, 5) is 30.8. The van der Waals surface area contributed by atoms with Gasteiger partial charge in [-0.1, -0.05) is 30.3 Å². The molecule has 2 heterocycles. The summed E-state index contributed by atoms with van der Waals surface area (Å²) in [7, 11) is 0. The molecule has 7 nitrogen and oxygen atoms in total. The fourth-order valence-corrected chi connectivity index (χ4v) is 4.14. The second-order valence-electron chi connectivity index (χ2n) is 9.59. The lowest BCUT2D eigenvalue weighted by atomic mass is 9.96. The number of hydrogen-bond acceptors (Lipinski definition) is 5. The maximum Gasteiger partial charge on any atom is 0.410 e. The summed E-state index contributed by atoms with van der Waals surface area (Å²) < 4.78 is 11.0. The van der Waals surface area contributed by atoms with Crippen LogP contribution in [0.3, 0.4) is 0 Å². The van der Waals surface area contributed by atoms with E-state index in [4.69, 9.17) is 9.47 Å². The molecular formula is C24H37N3O4. The van der Waals surface area contributed by atoms with Crippen LogP contribution in [0.5, 0.6) is 0 Å². The third-order valence-corrected chi connectivity index (χ3v) is 5.83. The Labute approximate surface area is 186 Å². The number of piperidine rings is 1. The fraction of sp³-hybridized carbons (Fsp3) is 0.667. The Morgan fingerprint density at radius 2 is 1.58 bits per heavy atom. The zero-order valence-electron chi connectivity index (χ0n) is 19.2. The van der Waals surface area contributed by atoms with E-state index < -0.39 is 5.60 Å². The molecule has 0 N–H and O–H groups in total. The van der Waals surface area contributed by atoms with Crippen molar-refractivity contribution in [2.24, 2.45) is 5.92 Å². The van der Waals surface area contributed by atoms with Crippen molar-refractivity contribution in [3.63, 3.8) is 0 Å². The zero-order chi connectivity index (χ0) is 22.3. The minimum Gasteiger partial charge on any atom is -0.445 e. The van der Waals surface area contributed by atoms with Crippen molar-refractivity contribution in [1.82, 2.24) is 14.7 Å². The van der Waals surface area contributed by atoms with Gasteiger partial charge in [-0.05, 0) is 58.1 Å². The molecular weight excluding hydrogens is 394 g/mol. The minimum absolute atomic E-state index is 0.211. The van der Waals surface area contributed by atoms with Crippen LogP contribution in [0, 0.1) is 5.92 Å². The number of carbonyl (C=O) groups excluding carboxylic acids is 2. The van der Waals surface area contributed by atoms with Gasteiger partial charge >= 0.3 is 12.2 Å². The van der Waals surface area contributed by atoms with E-state index in [0.717, 1.165) is 64.1 Å². The highest BCUT2D eigenvalue weighted by atomic mass is 16.6. The molecule has 0 atom stereocenters. The van der Waals surface area contributed by atoms with Crippen molar-refractivity contribution in [1.29, 1.82) is 0 Å². The van der Waals surface area contributed by atoms with Crippen LogP contribution in [0.1, 0.15) is 45.6 Å². The molecule has 0 aliphatic carbocycles. The van der Waals surface area contributed by atoms with Gasteiger partial charge in [-0.3, -0.25) is 0 Å². The average molecular weight is 432 g/mol. The van der Waals surface area contributed by atoms with E-state index in [1.807, 2.05) is 60.9 Å². The number of ether oxygens (including phenoxy) is 2. The first-order valence-electron chi connectivity index (χ1n) is 11.5. The summed E-state index contributed by atoms with van der Waals surface area (Å²) in [5, 5.41) is 0. The maximum atomic E-state index is 12.4. The molecule has 0 aromatic heterocycles. The molecule has 0 spiro atoms. The highest BCUT2D eigenvalue weighted by Crippen LogP contribution is 2.20. The normalized spacial score (nSPS) is 19.1. The summed E-state index contributed by atoms with van der Waals surface area (Å²) in [6.45, 7) is 11.9. The third-order valence-electron chi connectivity index (χ3n) is 5.83. The van der Waals surface area contributed by atoms with Crippen LogP contribution in [0.4, 0.5) is 9.59 Å². The Morgan fingerprint density at radius 3 is 2.26 bits per heavy atom. The smallest absolute Gasteiger partial charge is 0.410 e. The molecule has 172 valence electrons. The molecule has 7 heteroatoms. The number of nitrogens with zero attached hydrogens (tertiary/aromatic N) is 3. The average Bonchev–Trinajstić information content (AvgIpc) is 2.98. The van der Waals surface area contributed by atoms with Gasteiger partial charge in [-0.25, -0.2) is 9.59 Å². The molecule has 0 bridgehead atoms. The summed E-state index contributed by atoms with van der Waals surface area (Å²) in [6, 6.07) is 9.78. The SMILES string of the molecule is CC(C)(C)OC(=O)N1CCCN(CC2CCN(C(=O)OCc3ccccc3)CC2)CC1. The molecule has 2 aliphatic rings. The van der Waals surface area contributed by atoms with Crippen molar-refractivity contribution in [2.75, 3.05) is 45.8 Å². The number of amides is 2. The van der Waals surface area contributed by atoms with E-state index in [-0.39, 0.29) is 12.2 Å². The van der Waals surface area contributed by atoms with Crippen LogP contribution >= 0.6 is 0 Å². The number of hydrogen-bond donors (Lipinski definition) is 0. The van der Waals surface area contributed by atoms with E-state index in [0.29, 0.717) is 19.1 Å². The van der Waals surface area contributed by atoms with Gasteiger partial charge in [-0.15, -0.1) is 0 Å². The molecule has 2 fully saturated rings. The van der Waals surface area contributed by atoms with Crippen molar-refractivity contribution >= 4 is 12.2 Å². The van der Waals surface area contributed by atoms with Crippen LogP contribution in [0.2, 0.25) is 0 Å². The molecule has 2 aliphatic heterocycles. The quantitative estimate of drug-likeness (QED) is 0.722. The van der Waals surface area contributed by atoms with E-state index in [9.17, 15) is 9.59 Å².